The highest BCUT2D eigenvalue weighted by Crippen LogP contribution is 2.42. The topological polar surface area (TPSA) is 242 Å². The van der Waals surface area contributed by atoms with Gasteiger partial charge >= 0.3 is 0 Å². The van der Waals surface area contributed by atoms with Crippen LogP contribution in [0.1, 0.15) is 6.92 Å². The van der Waals surface area contributed by atoms with Crippen molar-refractivity contribution in [3.8, 4) is 134 Å². The second-order valence-corrected chi connectivity index (χ2v) is 36.7. The number of carbonyl (C=O) groups excluding carboxylic acids is 1. The number of amides is 1. The standard InChI is InChI=1S/C30H25ClFN5.C30H25F2N5.C28H23ClFN7.C26H17ClFN5O/c1-36-10-12-37(13-11-36)24-5-2-4-20(15-24)21-14-22(19-33-18-21)26-17-29(27-16-23(31)7-8-28(27)32)35-30-25(26)6-3-9-34-30;1-36-11-13-37(14-12-36)24-7-4-20(5-8-24)21-15-22(19-33-18-21)26-17-29(27-16-23(31)6-9-28(27)32)35-30-25(26)3-2-10-34-30;1-36-9-11-37(12-10-36)27-7-6-25(34-35-27)19-13-18(16-31-17-19)22-15-26(23-14-20(29)4-5-24(23)30)33-28-21(22)3-2-8-32-28;1-15(34)31-25-6-2-5-23(32-25)17-10-16(13-29-14-17)20-12-24(21-11-18(27)7-8-22(21)28)33-26-19(20)4-3-9-30-26/h2-9,14-19H,10-13H2,1H3;2-10,15-19H,11-14H2,1H3;2-8,13-17H,9-12H2,1H3;2-14H,1H3,(H,31,32,34). The predicted octanol–water partition coefficient (Wildman–Crippen LogP) is 24.2. The normalized spacial score (nSPS) is 13.5. The third kappa shape index (κ3) is 22.2. The summed E-state index contributed by atoms with van der Waals surface area (Å²) in [5.41, 5.74) is 20.9. The van der Waals surface area contributed by atoms with Crippen molar-refractivity contribution in [2.75, 3.05) is 120 Å². The lowest BCUT2D eigenvalue weighted by Crippen LogP contribution is -2.44. The summed E-state index contributed by atoms with van der Waals surface area (Å²) in [6.07, 6.45) is 20.9. The van der Waals surface area contributed by atoms with Gasteiger partial charge in [0.1, 0.15) is 34.9 Å². The number of aromatic nitrogens is 15. The van der Waals surface area contributed by atoms with Crippen LogP contribution in [0.5, 0.6) is 0 Å². The Bertz CT molecular complexity index is 7990. The van der Waals surface area contributed by atoms with E-state index in [4.69, 9.17) is 34.8 Å². The lowest BCUT2D eigenvalue weighted by atomic mass is 9.98. The number of carbonyl (C=O) groups is 1. The molecule has 20 aromatic rings. The van der Waals surface area contributed by atoms with Gasteiger partial charge in [-0.3, -0.25) is 24.7 Å². The van der Waals surface area contributed by atoms with Crippen LogP contribution in [0.15, 0.2) is 323 Å². The Kier molecular flexibility index (Phi) is 28.7. The molecule has 17 heterocycles. The molecule has 0 bridgehead atoms. The molecule has 0 radical (unpaired) electrons. The van der Waals surface area contributed by atoms with E-state index in [0.29, 0.717) is 83.1 Å². The van der Waals surface area contributed by atoms with Gasteiger partial charge in [-0.25, -0.2) is 66.8 Å². The Labute approximate surface area is 846 Å². The van der Waals surface area contributed by atoms with E-state index in [1.807, 2.05) is 116 Å². The van der Waals surface area contributed by atoms with Gasteiger partial charge in [0.25, 0.3) is 0 Å². The van der Waals surface area contributed by atoms with Crippen LogP contribution in [0.4, 0.5) is 45.0 Å². The van der Waals surface area contributed by atoms with E-state index in [1.165, 1.54) is 54.7 Å². The Morgan fingerprint density at radius 1 is 0.283 bits per heavy atom. The van der Waals surface area contributed by atoms with Gasteiger partial charge in [0.05, 0.1) is 34.2 Å². The van der Waals surface area contributed by atoms with Crippen molar-refractivity contribution in [1.82, 2.24) is 89.7 Å². The Morgan fingerprint density at radius 2 is 0.648 bits per heavy atom. The maximum absolute atomic E-state index is 14.7. The van der Waals surface area contributed by atoms with Gasteiger partial charge in [-0.2, -0.15) is 0 Å². The van der Waals surface area contributed by atoms with Gasteiger partial charge in [0.2, 0.25) is 5.91 Å². The number of nitrogens with one attached hydrogen (secondary N) is 1. The van der Waals surface area contributed by atoms with Crippen LogP contribution in [-0.2, 0) is 4.79 Å². The molecule has 0 unspecified atom stereocenters. The molecule has 145 heavy (non-hydrogen) atoms. The highest BCUT2D eigenvalue weighted by atomic mass is 35.5. The fourth-order valence-corrected chi connectivity index (χ4v) is 18.4. The van der Waals surface area contributed by atoms with Gasteiger partial charge in [0, 0.05) is 275 Å². The number of piperazine rings is 3. The molecule has 3 saturated heterocycles. The van der Waals surface area contributed by atoms with Gasteiger partial charge in [-0.15, -0.1) is 10.2 Å². The van der Waals surface area contributed by atoms with E-state index in [-0.39, 0.29) is 22.9 Å². The first-order valence-corrected chi connectivity index (χ1v) is 48.0. The molecule has 1 amide bonds. The summed E-state index contributed by atoms with van der Waals surface area (Å²) in [6.45, 7) is 13.6. The molecule has 3 aliphatic heterocycles. The average Bonchev–Trinajstić information content (AvgIpc) is 0.780. The molecule has 0 saturated carbocycles. The lowest BCUT2D eigenvalue weighted by molar-refractivity contribution is -0.114. The molecule has 14 aromatic heterocycles. The van der Waals surface area contributed by atoms with E-state index < -0.39 is 23.3 Å². The molecule has 23 nitrogen and oxygen atoms in total. The number of hydrogen-bond donors (Lipinski definition) is 1. The minimum Gasteiger partial charge on any atom is -0.369 e. The summed E-state index contributed by atoms with van der Waals surface area (Å²) < 4.78 is 72.7. The summed E-state index contributed by atoms with van der Waals surface area (Å²) in [7, 11) is 6.44. The summed E-state index contributed by atoms with van der Waals surface area (Å²) in [6, 6.07) is 73.7. The number of rotatable bonds is 16. The minimum absolute atomic E-state index is 0.0948. The quantitative estimate of drug-likeness (QED) is 0.0884. The van der Waals surface area contributed by atoms with Crippen LogP contribution in [0.3, 0.4) is 0 Å². The fraction of sp³-hybridized carbons (Fsp3) is 0.140. The van der Waals surface area contributed by atoms with E-state index in [2.05, 4.69) is 192 Å². The summed E-state index contributed by atoms with van der Waals surface area (Å²) in [4.78, 5) is 84.0. The van der Waals surface area contributed by atoms with Crippen LogP contribution in [0.2, 0.25) is 15.1 Å². The molecule has 0 atom stereocenters. The van der Waals surface area contributed by atoms with Crippen molar-refractivity contribution >= 4 is 108 Å². The summed E-state index contributed by atoms with van der Waals surface area (Å²) in [5.74, 6) is -1.15. The molecule has 6 aromatic carbocycles. The second-order valence-electron chi connectivity index (χ2n) is 35.4. The third-order valence-electron chi connectivity index (χ3n) is 25.6. The summed E-state index contributed by atoms with van der Waals surface area (Å²) >= 11 is 18.5. The number of halogens is 8. The monoisotopic (exact) mass is 1980 g/mol. The zero-order chi connectivity index (χ0) is 99.7. The third-order valence-corrected chi connectivity index (χ3v) is 26.3. The highest BCUT2D eigenvalue weighted by molar-refractivity contribution is 6.31. The van der Waals surface area contributed by atoms with Crippen LogP contribution >= 0.6 is 34.8 Å². The zero-order valence-corrected chi connectivity index (χ0v) is 81.2. The van der Waals surface area contributed by atoms with Crippen LogP contribution in [0.25, 0.3) is 178 Å². The van der Waals surface area contributed by atoms with E-state index in [9.17, 15) is 26.7 Å². The zero-order valence-electron chi connectivity index (χ0n) is 78.9. The maximum atomic E-state index is 14.7. The fourth-order valence-electron chi connectivity index (χ4n) is 17.9. The van der Waals surface area contributed by atoms with E-state index >= 15 is 0 Å². The first-order valence-electron chi connectivity index (χ1n) is 46.9. The maximum Gasteiger partial charge on any atom is 0.222 e. The Hall–Kier alpha value is -16.3. The first-order chi connectivity index (χ1) is 70.6. The smallest absolute Gasteiger partial charge is 0.222 e. The van der Waals surface area contributed by atoms with Gasteiger partial charge < -0.3 is 34.7 Å². The number of fused-ring (bicyclic) bond motifs is 4. The number of likely N-dealkylation sites (N-methyl/N-ethyl adjacent to an activating group) is 3. The van der Waals surface area contributed by atoms with Crippen molar-refractivity contribution in [3.05, 3.63) is 367 Å². The molecule has 0 spiro atoms. The molecule has 718 valence electrons. The van der Waals surface area contributed by atoms with Crippen molar-refractivity contribution in [1.29, 1.82) is 0 Å². The molecular weight excluding hydrogens is 1890 g/mol. The minimum atomic E-state index is -0.539. The number of anilines is 4. The number of nitrogens with zero attached hydrogens (tertiary/aromatic N) is 21. The van der Waals surface area contributed by atoms with Gasteiger partial charge in [-0.05, 0) is 273 Å². The average molecular weight is 1990 g/mol. The predicted molar refractivity (Wildman–Crippen MR) is 566 cm³/mol. The highest BCUT2D eigenvalue weighted by Gasteiger charge is 2.25. The number of pyridine rings is 13. The van der Waals surface area contributed by atoms with Crippen LogP contribution in [-0.4, -0.2) is 195 Å². The molecule has 1 N–H and O–H groups in total. The van der Waals surface area contributed by atoms with Crippen molar-refractivity contribution in [2.45, 2.75) is 6.92 Å². The van der Waals surface area contributed by atoms with Crippen LogP contribution in [0, 0.1) is 29.1 Å². The van der Waals surface area contributed by atoms with Gasteiger partial charge in [-0.1, -0.05) is 65.1 Å². The van der Waals surface area contributed by atoms with Crippen molar-refractivity contribution in [3.63, 3.8) is 0 Å². The SMILES string of the molecule is CC(=O)Nc1cccc(-c2cncc(-c3cc(-c4cc(Cl)ccc4F)nc4ncccc34)c2)n1.CN1CCN(c2ccc(-c3cncc(-c4cc(-c5cc(Cl)ccc5F)nc5ncccc45)c3)nn2)CC1.CN1CCN(c2ccc(-c3cncc(-c4cc(-c5cc(F)ccc5F)nc5ncccc45)c3)cc2)CC1.CN1CCN(c2cccc(-c3cncc(-c4cc(-c5cc(Cl)ccc5F)nc5ncccc45)c3)c2)CC1. The molecular formula is C114H90Cl3F5N22O. The second kappa shape index (κ2) is 43.2. The molecule has 31 heteroatoms. The summed E-state index contributed by atoms with van der Waals surface area (Å²) in [5, 5.41) is 16.3. The van der Waals surface area contributed by atoms with Crippen LogP contribution < -0.4 is 20.0 Å². The van der Waals surface area contributed by atoms with E-state index in [1.54, 1.807) is 92.2 Å². The Morgan fingerprint density at radius 3 is 1.06 bits per heavy atom. The van der Waals surface area contributed by atoms with Crippen molar-refractivity contribution < 1.29 is 26.7 Å². The molecule has 3 fully saturated rings. The van der Waals surface area contributed by atoms with E-state index in [0.717, 1.165) is 208 Å². The lowest BCUT2D eigenvalue weighted by Gasteiger charge is -2.34. The molecule has 3 aliphatic rings. The van der Waals surface area contributed by atoms with Crippen molar-refractivity contribution in [2.24, 2.45) is 0 Å². The van der Waals surface area contributed by atoms with Gasteiger partial charge in [0.15, 0.2) is 28.4 Å². The molecule has 23 rings (SSSR count). The molecule has 0 aliphatic carbocycles. The Balaban J connectivity index is 0.000000118. The largest absolute Gasteiger partial charge is 0.369 e. The first kappa shape index (κ1) is 96.2. The number of hydrogen-bond acceptors (Lipinski definition) is 22. The number of benzene rings is 6.